The summed E-state index contributed by atoms with van der Waals surface area (Å²) < 4.78 is 0. The van der Waals surface area contributed by atoms with E-state index in [4.69, 9.17) is 0 Å². The van der Waals surface area contributed by atoms with Crippen molar-refractivity contribution >= 4 is 24.0 Å². The van der Waals surface area contributed by atoms with Crippen LogP contribution in [0, 0.1) is 11.8 Å². The molecule has 0 saturated carbocycles. The number of carbonyl (C=O) groups is 1. The average molecular weight is 222 g/mol. The first-order valence-corrected chi connectivity index (χ1v) is 6.34. The van der Waals surface area contributed by atoms with Crippen LogP contribution in [-0.4, -0.2) is 17.6 Å². The van der Waals surface area contributed by atoms with Crippen molar-refractivity contribution in [2.75, 3.05) is 0 Å². The van der Waals surface area contributed by atoms with Gasteiger partial charge in [-0.1, -0.05) is 6.92 Å². The number of carbonyl (C=O) groups excluding carboxylic acids is 1. The van der Waals surface area contributed by atoms with Gasteiger partial charge < -0.3 is 5.32 Å². The lowest BCUT2D eigenvalue weighted by atomic mass is 9.84. The van der Waals surface area contributed by atoms with Gasteiger partial charge in [0.05, 0.1) is 12.3 Å². The summed E-state index contributed by atoms with van der Waals surface area (Å²) in [5.41, 5.74) is 1.37. The van der Waals surface area contributed by atoms with Gasteiger partial charge >= 0.3 is 0 Å². The number of aliphatic imine (C=N–C) groups is 1. The van der Waals surface area contributed by atoms with Gasteiger partial charge in [0.1, 0.15) is 5.37 Å². The minimum absolute atomic E-state index is 0.0301. The van der Waals surface area contributed by atoms with Crippen molar-refractivity contribution in [3.05, 3.63) is 10.5 Å². The van der Waals surface area contributed by atoms with E-state index in [9.17, 15) is 4.79 Å². The molecule has 0 spiro atoms. The topological polar surface area (TPSA) is 41.5 Å². The van der Waals surface area contributed by atoms with E-state index in [1.165, 1.54) is 16.9 Å². The van der Waals surface area contributed by atoms with Crippen molar-refractivity contribution in [3.63, 3.8) is 0 Å². The Labute approximate surface area is 93.4 Å². The Morgan fingerprint density at radius 3 is 3.33 bits per heavy atom. The number of thioether (sulfide) groups is 1. The van der Waals surface area contributed by atoms with E-state index in [0.717, 1.165) is 18.8 Å². The lowest BCUT2D eigenvalue weighted by Crippen LogP contribution is -2.39. The molecular weight excluding hydrogens is 208 g/mol. The molecule has 2 heterocycles. The average Bonchev–Trinajstić information content (AvgIpc) is 2.56. The molecule has 0 aromatic carbocycles. The van der Waals surface area contributed by atoms with Crippen molar-refractivity contribution < 1.29 is 4.79 Å². The summed E-state index contributed by atoms with van der Waals surface area (Å²) in [5.74, 6) is 0.938. The molecule has 0 fully saturated rings. The molecule has 3 rings (SSSR count). The summed E-state index contributed by atoms with van der Waals surface area (Å²) in [4.78, 5) is 17.6. The summed E-state index contributed by atoms with van der Waals surface area (Å²) in [7, 11) is 0. The van der Waals surface area contributed by atoms with Crippen LogP contribution in [0.15, 0.2) is 15.5 Å². The van der Waals surface area contributed by atoms with Crippen molar-refractivity contribution in [3.8, 4) is 0 Å². The van der Waals surface area contributed by atoms with Gasteiger partial charge in [-0.15, -0.1) is 11.8 Å². The molecule has 80 valence electrons. The second kappa shape index (κ2) is 3.37. The van der Waals surface area contributed by atoms with E-state index < -0.39 is 0 Å². The SMILES string of the molecule is CC1CCC2=C(C1)SC1N=CNC(=O)C21. The molecule has 1 aliphatic carbocycles. The lowest BCUT2D eigenvalue weighted by Gasteiger charge is -2.23. The van der Waals surface area contributed by atoms with E-state index in [-0.39, 0.29) is 17.2 Å². The normalized spacial score (nSPS) is 38.7. The highest BCUT2D eigenvalue weighted by Gasteiger charge is 2.42. The third kappa shape index (κ3) is 1.42. The maximum atomic E-state index is 11.8. The summed E-state index contributed by atoms with van der Waals surface area (Å²) >= 11 is 1.81. The Morgan fingerprint density at radius 2 is 2.47 bits per heavy atom. The van der Waals surface area contributed by atoms with E-state index >= 15 is 0 Å². The number of nitrogens with one attached hydrogen (secondary N) is 1. The van der Waals surface area contributed by atoms with Crippen LogP contribution in [0.2, 0.25) is 0 Å². The molecule has 2 aliphatic heterocycles. The Kier molecular flexibility index (Phi) is 2.12. The standard InChI is InChI=1S/C11H14N2OS/c1-6-2-3-7-8(4-6)15-11-9(7)10(14)12-5-13-11/h5-6,9,11H,2-4H2,1H3,(H,12,13,14). The molecule has 0 bridgehead atoms. The maximum absolute atomic E-state index is 11.8. The highest BCUT2D eigenvalue weighted by atomic mass is 32.2. The second-order valence-corrected chi connectivity index (χ2v) is 5.78. The van der Waals surface area contributed by atoms with Crippen LogP contribution in [0.3, 0.4) is 0 Å². The zero-order valence-electron chi connectivity index (χ0n) is 8.69. The molecule has 4 heteroatoms. The Balaban J connectivity index is 1.94. The Morgan fingerprint density at radius 1 is 1.60 bits per heavy atom. The Bertz CT molecular complexity index is 375. The van der Waals surface area contributed by atoms with Crippen molar-refractivity contribution in [2.45, 2.75) is 31.6 Å². The van der Waals surface area contributed by atoms with E-state index in [1.54, 1.807) is 18.1 Å². The number of allylic oxidation sites excluding steroid dienone is 1. The minimum Gasteiger partial charge on any atom is -0.317 e. The van der Waals surface area contributed by atoms with Gasteiger partial charge in [-0.3, -0.25) is 9.79 Å². The molecule has 0 saturated heterocycles. The predicted molar refractivity (Wildman–Crippen MR) is 61.5 cm³/mol. The van der Waals surface area contributed by atoms with Crippen LogP contribution in [-0.2, 0) is 4.79 Å². The van der Waals surface area contributed by atoms with Gasteiger partial charge in [0.15, 0.2) is 0 Å². The summed E-state index contributed by atoms with van der Waals surface area (Å²) in [5, 5.41) is 2.85. The number of hydrogen-bond acceptors (Lipinski definition) is 3. The monoisotopic (exact) mass is 222 g/mol. The van der Waals surface area contributed by atoms with E-state index in [1.807, 2.05) is 0 Å². The third-order valence-electron chi connectivity index (χ3n) is 3.43. The predicted octanol–water partition coefficient (Wildman–Crippen LogP) is 1.91. The van der Waals surface area contributed by atoms with Crippen LogP contribution in [0.4, 0.5) is 0 Å². The van der Waals surface area contributed by atoms with Gasteiger partial charge in [-0.05, 0) is 35.7 Å². The molecule has 0 aromatic rings. The highest BCUT2D eigenvalue weighted by Crippen LogP contribution is 2.50. The van der Waals surface area contributed by atoms with Crippen LogP contribution >= 0.6 is 11.8 Å². The van der Waals surface area contributed by atoms with Crippen LogP contribution in [0.25, 0.3) is 0 Å². The third-order valence-corrected chi connectivity index (χ3v) is 4.78. The quantitative estimate of drug-likeness (QED) is 0.680. The molecule has 0 aromatic heterocycles. The molecule has 3 nitrogen and oxygen atoms in total. The smallest absolute Gasteiger partial charge is 0.235 e. The van der Waals surface area contributed by atoms with E-state index in [2.05, 4.69) is 17.2 Å². The summed E-state index contributed by atoms with van der Waals surface area (Å²) in [6.07, 6.45) is 5.02. The molecule has 3 unspecified atom stereocenters. The van der Waals surface area contributed by atoms with Crippen LogP contribution in [0.1, 0.15) is 26.2 Å². The zero-order valence-corrected chi connectivity index (χ0v) is 9.51. The lowest BCUT2D eigenvalue weighted by molar-refractivity contribution is -0.122. The van der Waals surface area contributed by atoms with Crippen molar-refractivity contribution in [1.82, 2.24) is 5.32 Å². The van der Waals surface area contributed by atoms with Crippen molar-refractivity contribution in [1.29, 1.82) is 0 Å². The van der Waals surface area contributed by atoms with Gasteiger partial charge in [0.2, 0.25) is 5.91 Å². The van der Waals surface area contributed by atoms with Gasteiger partial charge in [-0.25, -0.2) is 0 Å². The fourth-order valence-electron chi connectivity index (χ4n) is 2.60. The molecule has 3 atom stereocenters. The molecule has 3 aliphatic rings. The first-order chi connectivity index (χ1) is 7.25. The van der Waals surface area contributed by atoms with Gasteiger partial charge in [0, 0.05) is 0 Å². The number of rotatable bonds is 0. The Hall–Kier alpha value is -0.770. The largest absolute Gasteiger partial charge is 0.317 e. The number of amides is 1. The summed E-state index contributed by atoms with van der Waals surface area (Å²) in [6, 6.07) is 0. The zero-order chi connectivity index (χ0) is 10.4. The fourth-order valence-corrected chi connectivity index (χ4v) is 4.20. The van der Waals surface area contributed by atoms with Crippen LogP contribution in [0.5, 0.6) is 0 Å². The first-order valence-electron chi connectivity index (χ1n) is 5.46. The minimum atomic E-state index is 0.0301. The fraction of sp³-hybridized carbons (Fsp3) is 0.636. The second-order valence-electron chi connectivity index (χ2n) is 4.57. The number of nitrogens with zero attached hydrogens (tertiary/aromatic N) is 1. The summed E-state index contributed by atoms with van der Waals surface area (Å²) in [6.45, 7) is 2.29. The molecule has 1 N–H and O–H groups in total. The van der Waals surface area contributed by atoms with Crippen LogP contribution < -0.4 is 5.32 Å². The molecule has 15 heavy (non-hydrogen) atoms. The highest BCUT2D eigenvalue weighted by molar-refractivity contribution is 8.04. The molecule has 1 amide bonds. The van der Waals surface area contributed by atoms with Gasteiger partial charge in [-0.2, -0.15) is 0 Å². The first kappa shape index (κ1) is 9.46. The molecular formula is C11H14N2OS. The van der Waals surface area contributed by atoms with E-state index in [0.29, 0.717) is 0 Å². The number of fused-ring (bicyclic) bond motifs is 2. The maximum Gasteiger partial charge on any atom is 0.235 e. The van der Waals surface area contributed by atoms with Crippen molar-refractivity contribution in [2.24, 2.45) is 16.8 Å². The van der Waals surface area contributed by atoms with Gasteiger partial charge in [0.25, 0.3) is 0 Å². The number of hydrogen-bond donors (Lipinski definition) is 1. The molecule has 0 radical (unpaired) electrons.